The molecule has 0 amide bonds. The maximum atomic E-state index is 9.01. The summed E-state index contributed by atoms with van der Waals surface area (Å²) in [7, 11) is 1.76. The van der Waals surface area contributed by atoms with Crippen LogP contribution in [-0.4, -0.2) is 49.0 Å². The third-order valence-corrected chi connectivity index (χ3v) is 3.81. The van der Waals surface area contributed by atoms with E-state index in [2.05, 4.69) is 18.7 Å². The Morgan fingerprint density at radius 2 is 2.19 bits per heavy atom. The minimum absolute atomic E-state index is 0.319. The lowest BCUT2D eigenvalue weighted by Gasteiger charge is -2.45. The smallest absolute Gasteiger partial charge is 0.0474 e. The van der Waals surface area contributed by atoms with Crippen molar-refractivity contribution in [2.24, 2.45) is 5.92 Å². The molecule has 3 heteroatoms. The third-order valence-electron chi connectivity index (χ3n) is 3.81. The molecule has 1 rings (SSSR count). The number of methoxy groups -OCH3 is 1. The molecule has 0 aromatic carbocycles. The van der Waals surface area contributed by atoms with Crippen LogP contribution in [0.4, 0.5) is 0 Å². The van der Waals surface area contributed by atoms with E-state index in [0.717, 1.165) is 32.5 Å². The standard InChI is InChI=1S/C13H27NO2/c1-13(2)7-5-12(6-9-15)11-14(13)8-4-10-16-3/h12,15H,4-11H2,1-3H3. The van der Waals surface area contributed by atoms with Crippen LogP contribution in [0.15, 0.2) is 0 Å². The van der Waals surface area contributed by atoms with Gasteiger partial charge >= 0.3 is 0 Å². The van der Waals surface area contributed by atoms with E-state index < -0.39 is 0 Å². The summed E-state index contributed by atoms with van der Waals surface area (Å²) in [6.45, 7) is 8.08. The first-order chi connectivity index (χ1) is 7.60. The van der Waals surface area contributed by atoms with E-state index in [1.807, 2.05) is 0 Å². The molecule has 1 heterocycles. The number of aliphatic hydroxyl groups excluding tert-OH is 1. The van der Waals surface area contributed by atoms with E-state index in [9.17, 15) is 0 Å². The Hall–Kier alpha value is -0.120. The van der Waals surface area contributed by atoms with E-state index in [4.69, 9.17) is 9.84 Å². The predicted octanol–water partition coefficient (Wildman–Crippen LogP) is 1.90. The van der Waals surface area contributed by atoms with Gasteiger partial charge in [-0.1, -0.05) is 0 Å². The van der Waals surface area contributed by atoms with Crippen molar-refractivity contribution in [2.75, 3.05) is 33.4 Å². The van der Waals surface area contributed by atoms with Crippen LogP contribution in [0, 0.1) is 5.92 Å². The van der Waals surface area contributed by atoms with Crippen molar-refractivity contribution in [3.8, 4) is 0 Å². The van der Waals surface area contributed by atoms with Gasteiger partial charge in [-0.05, 0) is 45.4 Å². The maximum Gasteiger partial charge on any atom is 0.0474 e. The Kier molecular flexibility index (Phi) is 5.73. The highest BCUT2D eigenvalue weighted by atomic mass is 16.5. The second kappa shape index (κ2) is 6.58. The van der Waals surface area contributed by atoms with Gasteiger partial charge in [0.2, 0.25) is 0 Å². The number of aliphatic hydroxyl groups is 1. The van der Waals surface area contributed by atoms with Gasteiger partial charge < -0.3 is 9.84 Å². The zero-order valence-corrected chi connectivity index (χ0v) is 11.0. The normalized spacial score (nSPS) is 25.9. The minimum Gasteiger partial charge on any atom is -0.396 e. The van der Waals surface area contributed by atoms with Gasteiger partial charge in [-0.3, -0.25) is 4.90 Å². The van der Waals surface area contributed by atoms with Crippen LogP contribution in [0.1, 0.15) is 39.5 Å². The van der Waals surface area contributed by atoms with Gasteiger partial charge in [0.25, 0.3) is 0 Å². The highest BCUT2D eigenvalue weighted by molar-refractivity contribution is 4.88. The molecule has 0 aromatic heterocycles. The lowest BCUT2D eigenvalue weighted by molar-refractivity contribution is 0.0306. The molecule has 16 heavy (non-hydrogen) atoms. The average Bonchev–Trinajstić information content (AvgIpc) is 2.23. The van der Waals surface area contributed by atoms with E-state index in [0.29, 0.717) is 18.1 Å². The number of nitrogens with zero attached hydrogens (tertiary/aromatic N) is 1. The van der Waals surface area contributed by atoms with E-state index in [1.165, 1.54) is 12.8 Å². The molecule has 0 radical (unpaired) electrons. The largest absolute Gasteiger partial charge is 0.396 e. The van der Waals surface area contributed by atoms with E-state index in [-0.39, 0.29) is 0 Å². The van der Waals surface area contributed by atoms with Gasteiger partial charge in [0.1, 0.15) is 0 Å². The summed E-state index contributed by atoms with van der Waals surface area (Å²) < 4.78 is 5.11. The van der Waals surface area contributed by atoms with Gasteiger partial charge in [0, 0.05) is 39.0 Å². The first-order valence-corrected chi connectivity index (χ1v) is 6.45. The zero-order chi connectivity index (χ0) is 12.0. The summed E-state index contributed by atoms with van der Waals surface area (Å²) in [6, 6.07) is 0. The summed E-state index contributed by atoms with van der Waals surface area (Å²) in [4.78, 5) is 2.57. The molecule has 1 saturated heterocycles. The Bertz CT molecular complexity index is 194. The van der Waals surface area contributed by atoms with Crippen LogP contribution >= 0.6 is 0 Å². The van der Waals surface area contributed by atoms with Crippen molar-refractivity contribution in [1.29, 1.82) is 0 Å². The fraction of sp³-hybridized carbons (Fsp3) is 1.00. The molecule has 0 spiro atoms. The molecule has 1 aliphatic heterocycles. The molecule has 96 valence electrons. The molecule has 1 unspecified atom stereocenters. The van der Waals surface area contributed by atoms with Crippen LogP contribution in [-0.2, 0) is 4.74 Å². The first-order valence-electron chi connectivity index (χ1n) is 6.45. The van der Waals surface area contributed by atoms with Gasteiger partial charge in [-0.2, -0.15) is 0 Å². The quantitative estimate of drug-likeness (QED) is 0.706. The highest BCUT2D eigenvalue weighted by Crippen LogP contribution is 2.31. The molecule has 0 bridgehead atoms. The number of piperidine rings is 1. The van der Waals surface area contributed by atoms with E-state index in [1.54, 1.807) is 7.11 Å². The topological polar surface area (TPSA) is 32.7 Å². The Morgan fingerprint density at radius 3 is 2.81 bits per heavy atom. The number of hydrogen-bond donors (Lipinski definition) is 1. The van der Waals surface area contributed by atoms with Crippen molar-refractivity contribution in [3.63, 3.8) is 0 Å². The summed E-state index contributed by atoms with van der Waals surface area (Å²) in [5.74, 6) is 0.681. The van der Waals surface area contributed by atoms with Crippen LogP contribution in [0.25, 0.3) is 0 Å². The van der Waals surface area contributed by atoms with Crippen molar-refractivity contribution >= 4 is 0 Å². The third kappa shape index (κ3) is 4.04. The Balaban J connectivity index is 2.41. The van der Waals surface area contributed by atoms with Gasteiger partial charge in [0.15, 0.2) is 0 Å². The van der Waals surface area contributed by atoms with Crippen LogP contribution < -0.4 is 0 Å². The van der Waals surface area contributed by atoms with Crippen molar-refractivity contribution in [2.45, 2.75) is 45.1 Å². The number of rotatable bonds is 6. The van der Waals surface area contributed by atoms with Gasteiger partial charge in [0.05, 0.1) is 0 Å². The summed E-state index contributed by atoms with van der Waals surface area (Å²) in [5.41, 5.74) is 0.319. The van der Waals surface area contributed by atoms with Crippen LogP contribution in [0.2, 0.25) is 0 Å². The van der Waals surface area contributed by atoms with Crippen LogP contribution in [0.5, 0.6) is 0 Å². The van der Waals surface area contributed by atoms with Gasteiger partial charge in [-0.15, -0.1) is 0 Å². The SMILES string of the molecule is COCCCN1CC(CCO)CCC1(C)C. The maximum absolute atomic E-state index is 9.01. The van der Waals surface area contributed by atoms with Crippen molar-refractivity contribution in [1.82, 2.24) is 4.90 Å². The van der Waals surface area contributed by atoms with Crippen molar-refractivity contribution < 1.29 is 9.84 Å². The first kappa shape index (κ1) is 13.9. The predicted molar refractivity (Wildman–Crippen MR) is 66.6 cm³/mol. The Morgan fingerprint density at radius 1 is 1.44 bits per heavy atom. The molecule has 1 aliphatic rings. The lowest BCUT2D eigenvalue weighted by Crippen LogP contribution is -2.50. The molecule has 1 N–H and O–H groups in total. The molecule has 0 aromatic rings. The van der Waals surface area contributed by atoms with E-state index >= 15 is 0 Å². The van der Waals surface area contributed by atoms with Crippen molar-refractivity contribution in [3.05, 3.63) is 0 Å². The summed E-state index contributed by atoms with van der Waals surface area (Å²) in [6.07, 6.45) is 4.56. The molecule has 1 atom stereocenters. The van der Waals surface area contributed by atoms with Crippen LogP contribution in [0.3, 0.4) is 0 Å². The minimum atomic E-state index is 0.319. The fourth-order valence-electron chi connectivity index (χ4n) is 2.58. The Labute approximate surface area is 99.8 Å². The zero-order valence-electron chi connectivity index (χ0n) is 11.0. The average molecular weight is 229 g/mol. The second-order valence-electron chi connectivity index (χ2n) is 5.52. The number of likely N-dealkylation sites (tertiary alicyclic amines) is 1. The molecule has 1 fully saturated rings. The second-order valence-corrected chi connectivity index (χ2v) is 5.52. The molecule has 3 nitrogen and oxygen atoms in total. The molecule has 0 aliphatic carbocycles. The summed E-state index contributed by atoms with van der Waals surface area (Å²) in [5, 5.41) is 9.01. The molecular formula is C13H27NO2. The van der Waals surface area contributed by atoms with Gasteiger partial charge in [-0.25, -0.2) is 0 Å². The number of hydrogen-bond acceptors (Lipinski definition) is 3. The molecule has 0 saturated carbocycles. The molecular weight excluding hydrogens is 202 g/mol. The summed E-state index contributed by atoms with van der Waals surface area (Å²) >= 11 is 0. The lowest BCUT2D eigenvalue weighted by atomic mass is 9.83. The number of ether oxygens (including phenoxy) is 1. The highest BCUT2D eigenvalue weighted by Gasteiger charge is 2.33. The monoisotopic (exact) mass is 229 g/mol. The fourth-order valence-corrected chi connectivity index (χ4v) is 2.58.